The second-order valence-corrected chi connectivity index (χ2v) is 6.87. The van der Waals surface area contributed by atoms with Crippen LogP contribution in [0.15, 0.2) is 4.99 Å². The number of hydrogen-bond acceptors (Lipinski definition) is 4. The third-order valence-corrected chi connectivity index (χ3v) is 4.35. The first-order chi connectivity index (χ1) is 11.7. The van der Waals surface area contributed by atoms with Gasteiger partial charge in [0.05, 0.1) is 13.2 Å². The van der Waals surface area contributed by atoms with E-state index in [0.717, 1.165) is 64.8 Å². The van der Waals surface area contributed by atoms with E-state index >= 15 is 0 Å². The van der Waals surface area contributed by atoms with Crippen molar-refractivity contribution in [2.24, 2.45) is 10.9 Å². The molecule has 0 aromatic rings. The van der Waals surface area contributed by atoms with Crippen LogP contribution < -0.4 is 10.6 Å². The van der Waals surface area contributed by atoms with E-state index in [1.54, 1.807) is 7.11 Å². The Kier molecular flexibility index (Phi) is 16.0. The smallest absolute Gasteiger partial charge is 0.191 e. The molecule has 0 aromatic carbocycles. The summed E-state index contributed by atoms with van der Waals surface area (Å²) in [5, 5.41) is 6.92. The number of guanidine groups is 1. The summed E-state index contributed by atoms with van der Waals surface area (Å²) in [7, 11) is 3.60. The van der Waals surface area contributed by atoms with Gasteiger partial charge in [0.25, 0.3) is 0 Å². The van der Waals surface area contributed by atoms with Crippen molar-refractivity contribution < 1.29 is 9.47 Å². The van der Waals surface area contributed by atoms with E-state index in [0.29, 0.717) is 12.0 Å². The highest BCUT2D eigenvalue weighted by molar-refractivity contribution is 14.0. The minimum Gasteiger partial charge on any atom is -0.385 e. The van der Waals surface area contributed by atoms with Crippen LogP contribution in [0.1, 0.15) is 39.5 Å². The van der Waals surface area contributed by atoms with Crippen molar-refractivity contribution in [1.29, 1.82) is 0 Å². The number of hydrogen-bond donors (Lipinski definition) is 2. The number of morpholine rings is 1. The van der Waals surface area contributed by atoms with Crippen LogP contribution in [0, 0.1) is 5.92 Å². The lowest BCUT2D eigenvalue weighted by Gasteiger charge is -2.35. The van der Waals surface area contributed by atoms with Crippen LogP contribution in [0.2, 0.25) is 0 Å². The molecule has 0 bridgehead atoms. The molecule has 0 aliphatic carbocycles. The topological polar surface area (TPSA) is 58.1 Å². The Morgan fingerprint density at radius 2 is 1.88 bits per heavy atom. The highest BCUT2D eigenvalue weighted by Crippen LogP contribution is 2.12. The number of nitrogens with zero attached hydrogens (tertiary/aromatic N) is 2. The zero-order valence-electron chi connectivity index (χ0n) is 16.6. The molecule has 1 rings (SSSR count). The predicted octanol–water partition coefficient (Wildman–Crippen LogP) is 2.33. The first-order valence-electron chi connectivity index (χ1n) is 9.42. The Balaban J connectivity index is 0.00000576. The Bertz CT molecular complexity index is 337. The SMILES string of the molecule is CN=C(NCCCCCOC)NCC(CC(C)C)N1CCOCC1.I. The monoisotopic (exact) mass is 470 g/mol. The third kappa shape index (κ3) is 12.0. The van der Waals surface area contributed by atoms with Crippen molar-refractivity contribution in [3.63, 3.8) is 0 Å². The summed E-state index contributed by atoms with van der Waals surface area (Å²) in [6, 6.07) is 0.536. The van der Waals surface area contributed by atoms with Crippen molar-refractivity contribution >= 4 is 29.9 Å². The first-order valence-corrected chi connectivity index (χ1v) is 9.42. The standard InChI is InChI=1S/C18H38N4O2.HI/c1-16(2)14-17(22-9-12-24-13-10-22)15-21-18(19-3)20-8-6-5-7-11-23-4;/h16-17H,5-15H2,1-4H3,(H2,19,20,21);1H. The predicted molar refractivity (Wildman–Crippen MR) is 116 cm³/mol. The van der Waals surface area contributed by atoms with Crippen LogP contribution in [-0.4, -0.2) is 77.1 Å². The molecule has 2 N–H and O–H groups in total. The van der Waals surface area contributed by atoms with Gasteiger partial charge in [-0.05, 0) is 31.6 Å². The molecule has 150 valence electrons. The number of halogens is 1. The second kappa shape index (κ2) is 16.1. The van der Waals surface area contributed by atoms with Gasteiger partial charge in [-0.1, -0.05) is 13.8 Å². The Hall–Kier alpha value is -0.120. The minimum atomic E-state index is 0. The number of unbranched alkanes of at least 4 members (excludes halogenated alkanes) is 2. The van der Waals surface area contributed by atoms with Crippen LogP contribution in [-0.2, 0) is 9.47 Å². The van der Waals surface area contributed by atoms with Gasteiger partial charge >= 0.3 is 0 Å². The summed E-state index contributed by atoms with van der Waals surface area (Å²) < 4.78 is 10.6. The summed E-state index contributed by atoms with van der Waals surface area (Å²) >= 11 is 0. The van der Waals surface area contributed by atoms with Crippen molar-refractivity contribution in [1.82, 2.24) is 15.5 Å². The lowest BCUT2D eigenvalue weighted by molar-refractivity contribution is 0.0132. The number of methoxy groups -OCH3 is 1. The van der Waals surface area contributed by atoms with Crippen LogP contribution in [0.4, 0.5) is 0 Å². The zero-order chi connectivity index (χ0) is 17.6. The zero-order valence-corrected chi connectivity index (χ0v) is 18.9. The highest BCUT2D eigenvalue weighted by atomic mass is 127. The van der Waals surface area contributed by atoms with Gasteiger partial charge in [-0.15, -0.1) is 24.0 Å². The molecule has 1 saturated heterocycles. The fraction of sp³-hybridized carbons (Fsp3) is 0.944. The van der Waals surface area contributed by atoms with Gasteiger partial charge in [-0.2, -0.15) is 0 Å². The van der Waals surface area contributed by atoms with Gasteiger partial charge < -0.3 is 20.1 Å². The fourth-order valence-corrected chi connectivity index (χ4v) is 3.04. The first kappa shape index (κ1) is 24.9. The van der Waals surface area contributed by atoms with E-state index in [-0.39, 0.29) is 24.0 Å². The van der Waals surface area contributed by atoms with Gasteiger partial charge in [0.15, 0.2) is 5.96 Å². The maximum atomic E-state index is 5.49. The van der Waals surface area contributed by atoms with E-state index in [1.165, 1.54) is 12.8 Å². The molecule has 6 nitrogen and oxygen atoms in total. The fourth-order valence-electron chi connectivity index (χ4n) is 3.04. The van der Waals surface area contributed by atoms with Crippen LogP contribution in [0.5, 0.6) is 0 Å². The van der Waals surface area contributed by atoms with E-state index < -0.39 is 0 Å². The Labute approximate surface area is 171 Å². The molecule has 7 heteroatoms. The summed E-state index contributed by atoms with van der Waals surface area (Å²) in [6.45, 7) is 11.1. The van der Waals surface area contributed by atoms with Crippen molar-refractivity contribution in [3.8, 4) is 0 Å². The lowest BCUT2D eigenvalue weighted by atomic mass is 10.0. The Morgan fingerprint density at radius 3 is 2.48 bits per heavy atom. The van der Waals surface area contributed by atoms with Crippen LogP contribution in [0.3, 0.4) is 0 Å². The maximum Gasteiger partial charge on any atom is 0.191 e. The molecular weight excluding hydrogens is 431 g/mol. The highest BCUT2D eigenvalue weighted by Gasteiger charge is 2.22. The molecule has 1 unspecified atom stereocenters. The normalized spacial score (nSPS) is 17.2. The van der Waals surface area contributed by atoms with Crippen molar-refractivity contribution in [3.05, 3.63) is 0 Å². The molecule has 0 aromatic heterocycles. The molecule has 1 aliphatic rings. The largest absolute Gasteiger partial charge is 0.385 e. The van der Waals surface area contributed by atoms with Crippen LogP contribution in [0.25, 0.3) is 0 Å². The number of ether oxygens (including phenoxy) is 2. The molecule has 1 fully saturated rings. The summed E-state index contributed by atoms with van der Waals surface area (Å²) in [6.07, 6.45) is 4.64. The molecule has 0 radical (unpaired) electrons. The van der Waals surface area contributed by atoms with Gasteiger partial charge in [-0.25, -0.2) is 0 Å². The van der Waals surface area contributed by atoms with Gasteiger partial charge in [0, 0.05) is 53.0 Å². The van der Waals surface area contributed by atoms with E-state index in [9.17, 15) is 0 Å². The molecule has 0 spiro atoms. The molecule has 25 heavy (non-hydrogen) atoms. The van der Waals surface area contributed by atoms with E-state index in [4.69, 9.17) is 9.47 Å². The van der Waals surface area contributed by atoms with Crippen molar-refractivity contribution in [2.75, 3.05) is 60.2 Å². The van der Waals surface area contributed by atoms with E-state index in [1.807, 2.05) is 7.05 Å². The summed E-state index contributed by atoms with van der Waals surface area (Å²) in [5.74, 6) is 1.60. The number of nitrogens with one attached hydrogen (secondary N) is 2. The summed E-state index contributed by atoms with van der Waals surface area (Å²) in [5.41, 5.74) is 0. The Morgan fingerprint density at radius 1 is 1.16 bits per heavy atom. The summed E-state index contributed by atoms with van der Waals surface area (Å²) in [4.78, 5) is 6.89. The van der Waals surface area contributed by atoms with Crippen LogP contribution >= 0.6 is 24.0 Å². The number of aliphatic imine (C=N–C) groups is 1. The third-order valence-electron chi connectivity index (χ3n) is 4.35. The molecule has 1 aliphatic heterocycles. The quantitative estimate of drug-likeness (QED) is 0.210. The average Bonchev–Trinajstić information content (AvgIpc) is 2.59. The minimum absolute atomic E-state index is 0. The molecule has 0 amide bonds. The van der Waals surface area contributed by atoms with Gasteiger partial charge in [-0.3, -0.25) is 9.89 Å². The maximum absolute atomic E-state index is 5.49. The van der Waals surface area contributed by atoms with Gasteiger partial charge in [0.2, 0.25) is 0 Å². The molecule has 1 atom stereocenters. The number of rotatable bonds is 11. The molecule has 0 saturated carbocycles. The molecular formula is C18H39IN4O2. The van der Waals surface area contributed by atoms with E-state index in [2.05, 4.69) is 34.4 Å². The molecule has 1 heterocycles. The second-order valence-electron chi connectivity index (χ2n) is 6.87. The average molecular weight is 470 g/mol. The lowest BCUT2D eigenvalue weighted by Crippen LogP contribution is -2.51. The van der Waals surface area contributed by atoms with Gasteiger partial charge in [0.1, 0.15) is 0 Å². The van der Waals surface area contributed by atoms with Crippen molar-refractivity contribution in [2.45, 2.75) is 45.6 Å².